The van der Waals surface area contributed by atoms with Crippen molar-refractivity contribution in [2.45, 2.75) is 91.9 Å². The molecule has 0 saturated heterocycles. The van der Waals surface area contributed by atoms with E-state index in [9.17, 15) is 9.59 Å². The van der Waals surface area contributed by atoms with Gasteiger partial charge < -0.3 is 4.74 Å². The fourth-order valence-corrected chi connectivity index (χ4v) is 2.30. The van der Waals surface area contributed by atoms with Crippen molar-refractivity contribution in [3.05, 3.63) is 0 Å². The van der Waals surface area contributed by atoms with Gasteiger partial charge in [0.25, 0.3) is 0 Å². The van der Waals surface area contributed by atoms with E-state index in [1.807, 2.05) is 0 Å². The molecule has 3 nitrogen and oxygen atoms in total. The highest BCUT2D eigenvalue weighted by Gasteiger charge is 2.21. The third kappa shape index (κ3) is 11.5. The van der Waals surface area contributed by atoms with Crippen LogP contribution in [-0.2, 0) is 14.3 Å². The quantitative estimate of drug-likeness (QED) is 0.280. The maximum atomic E-state index is 12.1. The van der Waals surface area contributed by atoms with Gasteiger partial charge in [0, 0.05) is 6.42 Å². The molecule has 3 heteroatoms. The molecule has 0 fully saturated rings. The van der Waals surface area contributed by atoms with E-state index >= 15 is 0 Å². The largest absolute Gasteiger partial charge is 0.393 e. The van der Waals surface area contributed by atoms with E-state index in [0.717, 1.165) is 44.9 Å². The summed E-state index contributed by atoms with van der Waals surface area (Å²) < 4.78 is 5.04. The zero-order valence-corrected chi connectivity index (χ0v) is 14.5. The Morgan fingerprint density at radius 2 is 1.48 bits per heavy atom. The van der Waals surface area contributed by atoms with Crippen LogP contribution < -0.4 is 0 Å². The molecular weight excluding hydrogens is 264 g/mol. The van der Waals surface area contributed by atoms with Crippen LogP contribution in [0, 0.1) is 11.8 Å². The second kappa shape index (κ2) is 12.8. The maximum absolute atomic E-state index is 12.1. The second-order valence-electron chi connectivity index (χ2n) is 6.41. The van der Waals surface area contributed by atoms with Crippen molar-refractivity contribution < 1.29 is 14.3 Å². The highest BCUT2D eigenvalue weighted by molar-refractivity contribution is 5.86. The first-order valence-corrected chi connectivity index (χ1v) is 8.75. The standard InChI is InChI=1S/C18H34O3/c1-5-7-9-10-12-16(11-8-6-2)18(20)21-17(19)14-13-15(3)4/h15-16H,5-14H2,1-4H3. The minimum Gasteiger partial charge on any atom is -0.393 e. The fraction of sp³-hybridized carbons (Fsp3) is 0.889. The first kappa shape index (κ1) is 20.1. The third-order valence-electron chi connectivity index (χ3n) is 3.79. The summed E-state index contributed by atoms with van der Waals surface area (Å²) in [6.45, 7) is 8.42. The molecule has 0 heterocycles. The molecule has 0 aliphatic carbocycles. The number of hydrogen-bond donors (Lipinski definition) is 0. The van der Waals surface area contributed by atoms with Gasteiger partial charge in [-0.2, -0.15) is 0 Å². The Labute approximate surface area is 130 Å². The van der Waals surface area contributed by atoms with Crippen LogP contribution >= 0.6 is 0 Å². The molecule has 1 atom stereocenters. The van der Waals surface area contributed by atoms with Crippen molar-refractivity contribution in [1.82, 2.24) is 0 Å². The summed E-state index contributed by atoms with van der Waals surface area (Å²) in [7, 11) is 0. The van der Waals surface area contributed by atoms with Gasteiger partial charge in [-0.3, -0.25) is 9.59 Å². The Kier molecular flexibility index (Phi) is 12.3. The average Bonchev–Trinajstić information content (AvgIpc) is 2.44. The van der Waals surface area contributed by atoms with Crippen LogP contribution in [0.1, 0.15) is 91.9 Å². The van der Waals surface area contributed by atoms with Crippen molar-refractivity contribution >= 4 is 11.9 Å². The summed E-state index contributed by atoms with van der Waals surface area (Å²) in [5.74, 6) is -0.292. The van der Waals surface area contributed by atoms with E-state index in [-0.39, 0.29) is 17.9 Å². The maximum Gasteiger partial charge on any atom is 0.316 e. The molecule has 0 aromatic rings. The van der Waals surface area contributed by atoms with E-state index in [0.29, 0.717) is 12.3 Å². The molecule has 0 spiro atoms. The molecule has 0 rings (SSSR count). The van der Waals surface area contributed by atoms with E-state index in [1.54, 1.807) is 0 Å². The van der Waals surface area contributed by atoms with Gasteiger partial charge in [-0.25, -0.2) is 0 Å². The smallest absolute Gasteiger partial charge is 0.316 e. The zero-order chi connectivity index (χ0) is 16.1. The fourth-order valence-electron chi connectivity index (χ4n) is 2.30. The molecule has 0 radical (unpaired) electrons. The summed E-state index contributed by atoms with van der Waals surface area (Å²) in [5, 5.41) is 0. The number of carbonyl (C=O) groups is 2. The molecule has 0 aromatic carbocycles. The summed E-state index contributed by atoms with van der Waals surface area (Å²) in [6, 6.07) is 0. The SMILES string of the molecule is CCCCCCC(CCCC)C(=O)OC(=O)CCC(C)C. The third-order valence-corrected chi connectivity index (χ3v) is 3.79. The molecule has 0 aromatic heterocycles. The van der Waals surface area contributed by atoms with Crippen LogP contribution in [-0.4, -0.2) is 11.9 Å². The first-order valence-electron chi connectivity index (χ1n) is 8.75. The van der Waals surface area contributed by atoms with Crippen LogP contribution in [0.3, 0.4) is 0 Å². The summed E-state index contributed by atoms with van der Waals surface area (Å²) in [6.07, 6.45) is 9.54. The average molecular weight is 298 g/mol. The van der Waals surface area contributed by atoms with Gasteiger partial charge in [0.05, 0.1) is 5.92 Å². The minimum atomic E-state index is -0.358. The molecule has 124 valence electrons. The van der Waals surface area contributed by atoms with Gasteiger partial charge in [0.15, 0.2) is 0 Å². The topological polar surface area (TPSA) is 43.4 Å². The number of esters is 2. The van der Waals surface area contributed by atoms with E-state index in [2.05, 4.69) is 27.7 Å². The van der Waals surface area contributed by atoms with Gasteiger partial charge in [-0.15, -0.1) is 0 Å². The molecule has 1 unspecified atom stereocenters. The normalized spacial score (nSPS) is 12.4. The second-order valence-corrected chi connectivity index (χ2v) is 6.41. The van der Waals surface area contributed by atoms with Crippen molar-refractivity contribution in [3.63, 3.8) is 0 Å². The van der Waals surface area contributed by atoms with Crippen LogP contribution in [0.15, 0.2) is 0 Å². The predicted octanol–water partition coefficient (Wildman–Crippen LogP) is 5.27. The molecule has 0 bridgehead atoms. The highest BCUT2D eigenvalue weighted by Crippen LogP contribution is 2.19. The summed E-state index contributed by atoms with van der Waals surface area (Å²) in [4.78, 5) is 23.8. The van der Waals surface area contributed by atoms with Crippen LogP contribution in [0.25, 0.3) is 0 Å². The van der Waals surface area contributed by atoms with Crippen LogP contribution in [0.2, 0.25) is 0 Å². The van der Waals surface area contributed by atoms with Gasteiger partial charge in [0.1, 0.15) is 0 Å². The lowest BCUT2D eigenvalue weighted by Crippen LogP contribution is -2.21. The van der Waals surface area contributed by atoms with Crippen molar-refractivity contribution in [2.75, 3.05) is 0 Å². The first-order chi connectivity index (χ1) is 10.0. The van der Waals surface area contributed by atoms with Gasteiger partial charge >= 0.3 is 11.9 Å². The molecule has 0 aliphatic heterocycles. The van der Waals surface area contributed by atoms with Crippen molar-refractivity contribution in [3.8, 4) is 0 Å². The molecule has 0 N–H and O–H groups in total. The predicted molar refractivity (Wildman–Crippen MR) is 86.9 cm³/mol. The lowest BCUT2D eigenvalue weighted by Gasteiger charge is -2.15. The number of hydrogen-bond acceptors (Lipinski definition) is 3. The Bertz CT molecular complexity index is 284. The van der Waals surface area contributed by atoms with E-state index in [4.69, 9.17) is 4.74 Å². The van der Waals surface area contributed by atoms with Gasteiger partial charge in [0.2, 0.25) is 0 Å². The van der Waals surface area contributed by atoms with Crippen LogP contribution in [0.5, 0.6) is 0 Å². The Balaban J connectivity index is 4.19. The molecular formula is C18H34O3. The Morgan fingerprint density at radius 3 is 2.05 bits per heavy atom. The Morgan fingerprint density at radius 1 is 0.857 bits per heavy atom. The Hall–Kier alpha value is -0.860. The highest BCUT2D eigenvalue weighted by atomic mass is 16.6. The summed E-state index contributed by atoms with van der Waals surface area (Å²) in [5.41, 5.74) is 0. The molecule has 0 saturated carbocycles. The number of unbranched alkanes of at least 4 members (excludes halogenated alkanes) is 4. The molecule has 0 amide bonds. The lowest BCUT2D eigenvalue weighted by atomic mass is 9.95. The monoisotopic (exact) mass is 298 g/mol. The number of carbonyl (C=O) groups excluding carboxylic acids is 2. The number of ether oxygens (including phenoxy) is 1. The van der Waals surface area contributed by atoms with Crippen molar-refractivity contribution in [2.24, 2.45) is 11.8 Å². The zero-order valence-electron chi connectivity index (χ0n) is 14.5. The summed E-state index contributed by atoms with van der Waals surface area (Å²) >= 11 is 0. The lowest BCUT2D eigenvalue weighted by molar-refractivity contribution is -0.163. The van der Waals surface area contributed by atoms with Crippen molar-refractivity contribution in [1.29, 1.82) is 0 Å². The van der Waals surface area contributed by atoms with Gasteiger partial charge in [-0.1, -0.05) is 66.2 Å². The van der Waals surface area contributed by atoms with E-state index < -0.39 is 0 Å². The van der Waals surface area contributed by atoms with Gasteiger partial charge in [-0.05, 0) is 25.2 Å². The van der Waals surface area contributed by atoms with E-state index in [1.165, 1.54) is 12.8 Å². The number of rotatable bonds is 12. The molecule has 0 aliphatic rings. The van der Waals surface area contributed by atoms with Crippen LogP contribution in [0.4, 0.5) is 0 Å². The minimum absolute atomic E-state index is 0.0928. The molecule has 21 heavy (non-hydrogen) atoms.